The molecule has 0 aromatic heterocycles. The first-order valence-corrected chi connectivity index (χ1v) is 10.5. The number of carbonyl (C=O) groups is 2. The Kier molecular flexibility index (Phi) is 16.8. The number of aliphatic hydroxyl groups excluding tert-OH is 2. The van der Waals surface area contributed by atoms with E-state index in [1.54, 1.807) is 0 Å². The van der Waals surface area contributed by atoms with Gasteiger partial charge in [0.05, 0.1) is 19.1 Å². The molecule has 184 valence electrons. The first-order valence-electron chi connectivity index (χ1n) is 9.10. The van der Waals surface area contributed by atoms with Gasteiger partial charge in [-0.05, 0) is 35.9 Å². The van der Waals surface area contributed by atoms with Gasteiger partial charge < -0.3 is 30.7 Å². The highest BCUT2D eigenvalue weighted by atomic mass is 35.5. The van der Waals surface area contributed by atoms with Crippen LogP contribution in [0.25, 0.3) is 0 Å². The minimum Gasteiger partial charge on any atom is -0.488 e. The van der Waals surface area contributed by atoms with Crippen LogP contribution in [-0.2, 0) is 9.59 Å². The van der Waals surface area contributed by atoms with Gasteiger partial charge in [0.1, 0.15) is 19.1 Å². The fourth-order valence-electron chi connectivity index (χ4n) is 1.83. The maximum absolute atomic E-state index is 13.2. The van der Waals surface area contributed by atoms with Crippen molar-refractivity contribution in [2.24, 2.45) is 0 Å². The number of alkyl halides is 2. The molecule has 0 fully saturated rings. The molecule has 2 aromatic rings. The van der Waals surface area contributed by atoms with Gasteiger partial charge in [-0.2, -0.15) is 0 Å². The number of nitrogens with one attached hydrogen (secondary N) is 1. The smallest absolute Gasteiger partial charge is 0.239 e. The molecule has 0 bridgehead atoms. The number of ether oxygens (including phenoxy) is 2. The maximum atomic E-state index is 13.2. The predicted octanol–water partition coefficient (Wildman–Crippen LogP) is 3.14. The van der Waals surface area contributed by atoms with Gasteiger partial charge in [0.15, 0.2) is 23.1 Å². The van der Waals surface area contributed by atoms with Crippen LogP contribution in [0, 0.1) is 11.6 Å². The molecule has 0 aliphatic carbocycles. The molecule has 0 aliphatic heterocycles. The number of rotatable bonds is 9. The van der Waals surface area contributed by atoms with Crippen molar-refractivity contribution in [3.05, 3.63) is 48.0 Å². The number of carbonyl (C=O) groups excluding carboxylic acids is 2. The number of hydrogen-bond donors (Lipinski definition) is 4. The standard InChI is InChI=1S/C10H11ClFNO3.C8H10FNO2.C2H2Cl2O/c11-6-10(15)13-7-1-2-8(12)9(5-7)16-4-3-14;9-7-2-1-6(10)5-8(7)12-4-3-11;3-1-2(4)5/h1-2,5,14H,3-4,6H2,(H,13,15);1-2,5,11H,3-4,10H2;1H2. The zero-order valence-corrected chi connectivity index (χ0v) is 19.5. The number of halogens is 5. The second-order valence-corrected chi connectivity index (χ2v) is 6.61. The van der Waals surface area contributed by atoms with Gasteiger partial charge in [-0.25, -0.2) is 8.78 Å². The van der Waals surface area contributed by atoms with Crippen molar-refractivity contribution in [1.29, 1.82) is 0 Å². The second kappa shape index (κ2) is 18.1. The zero-order chi connectivity index (χ0) is 25.2. The lowest BCUT2D eigenvalue weighted by atomic mass is 10.3. The van der Waals surface area contributed by atoms with Crippen LogP contribution < -0.4 is 20.5 Å². The summed E-state index contributed by atoms with van der Waals surface area (Å²) in [5.74, 6) is -1.65. The molecule has 0 unspecified atom stereocenters. The van der Waals surface area contributed by atoms with Crippen molar-refractivity contribution >= 4 is 57.3 Å². The lowest BCUT2D eigenvalue weighted by Crippen LogP contribution is -2.13. The molecule has 5 N–H and O–H groups in total. The zero-order valence-electron chi connectivity index (χ0n) is 17.2. The fourth-order valence-corrected chi connectivity index (χ4v) is 1.89. The summed E-state index contributed by atoms with van der Waals surface area (Å²) < 4.78 is 35.8. The summed E-state index contributed by atoms with van der Waals surface area (Å²) in [6.07, 6.45) is 0. The SMILES string of the molecule is Nc1ccc(F)c(OCCO)c1.O=C(CCl)Nc1ccc(F)c(OCCO)c1.O=C(Cl)CCl. The summed E-state index contributed by atoms with van der Waals surface area (Å²) in [6.45, 7) is -0.295. The average molecular weight is 532 g/mol. The molecule has 0 saturated heterocycles. The van der Waals surface area contributed by atoms with E-state index in [4.69, 9.17) is 60.2 Å². The summed E-state index contributed by atoms with van der Waals surface area (Å²) in [5, 5.41) is 18.9. The van der Waals surface area contributed by atoms with Crippen LogP contribution in [0.2, 0.25) is 0 Å². The minimum atomic E-state index is -0.558. The predicted molar refractivity (Wildman–Crippen MR) is 123 cm³/mol. The normalized spacial score (nSPS) is 9.55. The fraction of sp³-hybridized carbons (Fsp3) is 0.300. The minimum absolute atomic E-state index is 0.0101. The van der Waals surface area contributed by atoms with Crippen LogP contribution in [0.3, 0.4) is 0 Å². The molecule has 0 heterocycles. The van der Waals surface area contributed by atoms with E-state index in [1.165, 1.54) is 30.3 Å². The highest BCUT2D eigenvalue weighted by Crippen LogP contribution is 2.22. The first kappa shape index (κ1) is 30.6. The summed E-state index contributed by atoms with van der Waals surface area (Å²) in [7, 11) is 0. The van der Waals surface area contributed by atoms with Crippen LogP contribution >= 0.6 is 34.8 Å². The Labute approximate surface area is 204 Å². The van der Waals surface area contributed by atoms with Crippen LogP contribution in [0.1, 0.15) is 0 Å². The molecule has 2 aromatic carbocycles. The first-order chi connectivity index (χ1) is 15.7. The molecule has 13 heteroatoms. The number of benzene rings is 2. The molecule has 0 radical (unpaired) electrons. The second-order valence-electron chi connectivity index (χ2n) is 5.65. The molecule has 8 nitrogen and oxygen atoms in total. The molecular weight excluding hydrogens is 509 g/mol. The number of anilines is 2. The summed E-state index contributed by atoms with van der Waals surface area (Å²) in [4.78, 5) is 20.4. The van der Waals surface area contributed by atoms with Crippen LogP contribution in [0.15, 0.2) is 36.4 Å². The number of hydrogen-bond acceptors (Lipinski definition) is 7. The quantitative estimate of drug-likeness (QED) is 0.222. The van der Waals surface area contributed by atoms with Gasteiger partial charge in [0.25, 0.3) is 0 Å². The van der Waals surface area contributed by atoms with Crippen molar-refractivity contribution in [3.63, 3.8) is 0 Å². The Hall–Kier alpha value is -2.37. The summed E-state index contributed by atoms with van der Waals surface area (Å²) >= 11 is 14.9. The molecule has 0 saturated carbocycles. The molecular formula is C20H23Cl3F2N2O6. The van der Waals surface area contributed by atoms with E-state index >= 15 is 0 Å². The Morgan fingerprint density at radius 1 is 0.909 bits per heavy atom. The van der Waals surface area contributed by atoms with Crippen molar-refractivity contribution in [3.8, 4) is 11.5 Å². The Morgan fingerprint density at radius 2 is 1.39 bits per heavy atom. The van der Waals surface area contributed by atoms with E-state index in [-0.39, 0.29) is 55.6 Å². The summed E-state index contributed by atoms with van der Waals surface area (Å²) in [5.41, 5.74) is 6.21. The third-order valence-electron chi connectivity index (χ3n) is 3.09. The topological polar surface area (TPSA) is 131 Å². The maximum Gasteiger partial charge on any atom is 0.239 e. The average Bonchev–Trinajstić information content (AvgIpc) is 2.80. The molecule has 2 rings (SSSR count). The number of amides is 1. The third kappa shape index (κ3) is 14.4. The Morgan fingerprint density at radius 3 is 1.85 bits per heavy atom. The monoisotopic (exact) mass is 530 g/mol. The number of nitrogen functional groups attached to an aromatic ring is 1. The molecule has 33 heavy (non-hydrogen) atoms. The van der Waals surface area contributed by atoms with E-state index in [0.717, 1.165) is 6.07 Å². The van der Waals surface area contributed by atoms with Crippen molar-refractivity contribution < 1.29 is 38.1 Å². The Balaban J connectivity index is 0.000000530. The van der Waals surface area contributed by atoms with Crippen LogP contribution in [0.4, 0.5) is 20.2 Å². The molecule has 1 amide bonds. The molecule has 0 atom stereocenters. The summed E-state index contributed by atoms with van der Waals surface area (Å²) in [6, 6.07) is 7.94. The van der Waals surface area contributed by atoms with E-state index in [1.807, 2.05) is 0 Å². The molecule has 0 aliphatic rings. The largest absolute Gasteiger partial charge is 0.488 e. The van der Waals surface area contributed by atoms with Gasteiger partial charge in [-0.3, -0.25) is 9.59 Å². The number of nitrogens with two attached hydrogens (primary N) is 1. The lowest BCUT2D eigenvalue weighted by molar-refractivity contribution is -0.114. The van der Waals surface area contributed by atoms with Crippen molar-refractivity contribution in [1.82, 2.24) is 0 Å². The van der Waals surface area contributed by atoms with E-state index in [0.29, 0.717) is 11.4 Å². The third-order valence-corrected chi connectivity index (χ3v) is 3.85. The van der Waals surface area contributed by atoms with Gasteiger partial charge in [-0.15, -0.1) is 23.2 Å². The lowest BCUT2D eigenvalue weighted by Gasteiger charge is -2.08. The van der Waals surface area contributed by atoms with Crippen molar-refractivity contribution in [2.45, 2.75) is 0 Å². The van der Waals surface area contributed by atoms with Gasteiger partial charge in [-0.1, -0.05) is 0 Å². The van der Waals surface area contributed by atoms with Gasteiger partial charge in [0, 0.05) is 23.5 Å². The van der Waals surface area contributed by atoms with Gasteiger partial charge in [0.2, 0.25) is 11.1 Å². The number of aliphatic hydroxyl groups is 2. The molecule has 0 spiro atoms. The highest BCUT2D eigenvalue weighted by molar-refractivity contribution is 6.67. The Bertz CT molecular complexity index is 878. The highest BCUT2D eigenvalue weighted by Gasteiger charge is 2.06. The van der Waals surface area contributed by atoms with E-state index in [2.05, 4.69) is 5.32 Å². The van der Waals surface area contributed by atoms with Crippen molar-refractivity contribution in [2.75, 3.05) is 49.2 Å². The van der Waals surface area contributed by atoms with E-state index in [9.17, 15) is 18.4 Å². The van der Waals surface area contributed by atoms with Crippen LogP contribution in [-0.4, -0.2) is 59.6 Å². The van der Waals surface area contributed by atoms with E-state index < -0.39 is 16.9 Å². The van der Waals surface area contributed by atoms with Gasteiger partial charge >= 0.3 is 0 Å². The van der Waals surface area contributed by atoms with Crippen LogP contribution in [0.5, 0.6) is 11.5 Å².